The van der Waals surface area contributed by atoms with Crippen LogP contribution < -0.4 is 23.8 Å². The maximum absolute atomic E-state index is 13.8. The van der Waals surface area contributed by atoms with Crippen LogP contribution in [0.1, 0.15) is 46.0 Å². The van der Waals surface area contributed by atoms with Crippen molar-refractivity contribution in [3.63, 3.8) is 0 Å². The zero-order chi connectivity index (χ0) is 39.6. The summed E-state index contributed by atoms with van der Waals surface area (Å²) in [6.45, 7) is 2.50. The van der Waals surface area contributed by atoms with Crippen LogP contribution in [-0.4, -0.2) is 80.7 Å². The quantitative estimate of drug-likeness (QED) is 0.0697. The summed E-state index contributed by atoms with van der Waals surface area (Å²) < 4.78 is 29.0. The van der Waals surface area contributed by atoms with Crippen molar-refractivity contribution in [2.45, 2.75) is 38.0 Å². The van der Waals surface area contributed by atoms with E-state index in [2.05, 4.69) is 4.90 Å². The van der Waals surface area contributed by atoms with Gasteiger partial charge in [0.25, 0.3) is 6.47 Å². The van der Waals surface area contributed by atoms with E-state index in [0.29, 0.717) is 51.1 Å². The molecule has 0 saturated carbocycles. The number of ether oxygens (including phenoxy) is 5. The molecule has 0 radical (unpaired) electrons. The molecule has 0 aliphatic carbocycles. The highest BCUT2D eigenvalue weighted by atomic mass is 35.5. The topological polar surface area (TPSA) is 171 Å². The van der Waals surface area contributed by atoms with Gasteiger partial charge in [0.05, 0.1) is 39.1 Å². The van der Waals surface area contributed by atoms with Crippen LogP contribution in [0.15, 0.2) is 73.1 Å². The standard InChI is InChI=1S/C38H39Cl2N3O9.CH2O2/c1-48-32-12-11-26(17-34(32)49-2)33(18-27-28(39)20-42(47)21-29(27)40)51-37(45)25-9-7-23(8-10-25)19-43(30-5-4-6-31(44)36(30)50-3)38(46)52-35-22-41-15-13-24(35)14-16-41;2-1-3/h4-12,17,20-21,24,33,35,44H,13-16,18-19,22H2,1-3H3;1H,(H,2,3)/t33-,35-;/m0./s1. The predicted molar refractivity (Wildman–Crippen MR) is 202 cm³/mol. The highest BCUT2D eigenvalue weighted by molar-refractivity contribution is 6.35. The molecule has 55 heavy (non-hydrogen) atoms. The molecule has 1 amide bonds. The number of benzene rings is 3. The molecule has 2 bridgehead atoms. The number of methoxy groups -OCH3 is 3. The molecule has 2 atom stereocenters. The van der Waals surface area contributed by atoms with Crippen molar-refractivity contribution >= 4 is 47.4 Å². The first kappa shape index (κ1) is 40.7. The summed E-state index contributed by atoms with van der Waals surface area (Å²) in [6, 6.07) is 16.5. The number of rotatable bonds is 12. The number of hydrogen-bond donors (Lipinski definition) is 2. The molecule has 292 valence electrons. The number of piperidine rings is 3. The summed E-state index contributed by atoms with van der Waals surface area (Å²) in [6.07, 6.45) is 2.67. The minimum absolute atomic E-state index is 0.0558. The SMILES string of the molecule is COc1ccc([C@H](Cc2c(Cl)c[n+]([O-])cc2Cl)OC(=O)c2ccc(CN(C(=O)O[C@H]3CN4CCC3CC4)c3cccc(O)c3OC)cc2)cc1OC.O=CO. The van der Waals surface area contributed by atoms with Gasteiger partial charge in [0.15, 0.2) is 35.4 Å². The average Bonchev–Trinajstić information content (AvgIpc) is 3.18. The van der Waals surface area contributed by atoms with Crippen LogP contribution in [0.2, 0.25) is 10.0 Å². The largest absolute Gasteiger partial charge is 0.619 e. The zero-order valence-electron chi connectivity index (χ0n) is 30.4. The second-order valence-electron chi connectivity index (χ2n) is 12.8. The first-order chi connectivity index (χ1) is 26.5. The zero-order valence-corrected chi connectivity index (χ0v) is 31.9. The van der Waals surface area contributed by atoms with Gasteiger partial charge in [-0.3, -0.25) is 14.6 Å². The Kier molecular flexibility index (Phi) is 13.9. The molecule has 4 aromatic rings. The third-order valence-corrected chi connectivity index (χ3v) is 10.2. The molecule has 14 nitrogen and oxygen atoms in total. The number of fused-ring (bicyclic) bond motifs is 3. The van der Waals surface area contributed by atoms with Crippen LogP contribution in [0.25, 0.3) is 0 Å². The maximum atomic E-state index is 13.8. The number of carbonyl (C=O) groups is 3. The Morgan fingerprint density at radius 3 is 2.22 bits per heavy atom. The lowest BCUT2D eigenvalue weighted by molar-refractivity contribution is -0.605. The van der Waals surface area contributed by atoms with Gasteiger partial charge < -0.3 is 39.1 Å². The van der Waals surface area contributed by atoms with Crippen LogP contribution in [0.5, 0.6) is 23.0 Å². The monoisotopic (exact) mass is 797 g/mol. The number of phenols is 1. The van der Waals surface area contributed by atoms with Crippen molar-refractivity contribution in [3.05, 3.63) is 111 Å². The van der Waals surface area contributed by atoms with Gasteiger partial charge in [-0.25, -0.2) is 9.59 Å². The number of nitrogens with zero attached hydrogens (tertiary/aromatic N) is 3. The van der Waals surface area contributed by atoms with E-state index < -0.39 is 18.2 Å². The smallest absolute Gasteiger partial charge is 0.415 e. The number of carboxylic acid groups (broad SMARTS) is 1. The lowest BCUT2D eigenvalue weighted by Gasteiger charge is -2.44. The van der Waals surface area contributed by atoms with E-state index in [4.69, 9.17) is 56.8 Å². The Hall–Kier alpha value is -5.44. The van der Waals surface area contributed by atoms with E-state index in [0.717, 1.165) is 25.9 Å². The van der Waals surface area contributed by atoms with Crippen molar-refractivity contribution in [3.8, 4) is 23.0 Å². The molecular formula is C39H41Cl2N3O11. The molecule has 3 aliphatic rings. The lowest BCUT2D eigenvalue weighted by Crippen LogP contribution is -2.53. The molecule has 0 spiro atoms. The second kappa shape index (κ2) is 18.7. The van der Waals surface area contributed by atoms with Gasteiger partial charge >= 0.3 is 12.1 Å². The van der Waals surface area contributed by atoms with Crippen LogP contribution in [0.4, 0.5) is 10.5 Å². The molecule has 0 unspecified atom stereocenters. The lowest BCUT2D eigenvalue weighted by atomic mass is 9.86. The predicted octanol–water partition coefficient (Wildman–Crippen LogP) is 6.44. The number of aromatic nitrogens is 1. The first-order valence-corrected chi connectivity index (χ1v) is 18.0. The first-order valence-electron chi connectivity index (χ1n) is 17.2. The second-order valence-corrected chi connectivity index (χ2v) is 13.6. The van der Waals surface area contributed by atoms with Gasteiger partial charge in [-0.15, -0.1) is 0 Å². The van der Waals surface area contributed by atoms with E-state index in [1.54, 1.807) is 54.6 Å². The van der Waals surface area contributed by atoms with E-state index >= 15 is 0 Å². The maximum Gasteiger partial charge on any atom is 0.415 e. The fourth-order valence-electron chi connectivity index (χ4n) is 6.74. The Balaban J connectivity index is 0.00000187. The van der Waals surface area contributed by atoms with Crippen molar-refractivity contribution in [2.24, 2.45) is 5.92 Å². The van der Waals surface area contributed by atoms with Crippen LogP contribution in [-0.2, 0) is 27.2 Å². The third kappa shape index (κ3) is 9.82. The molecule has 2 N–H and O–H groups in total. The van der Waals surface area contributed by atoms with E-state index in [1.807, 2.05) is 0 Å². The summed E-state index contributed by atoms with van der Waals surface area (Å²) in [5.41, 5.74) is 2.26. The molecule has 3 fully saturated rings. The highest BCUT2D eigenvalue weighted by Gasteiger charge is 2.38. The fourth-order valence-corrected chi connectivity index (χ4v) is 7.34. The molecule has 3 aliphatic heterocycles. The van der Waals surface area contributed by atoms with Crippen LogP contribution >= 0.6 is 23.2 Å². The van der Waals surface area contributed by atoms with Crippen LogP contribution in [0.3, 0.4) is 0 Å². The minimum atomic E-state index is -0.889. The van der Waals surface area contributed by atoms with E-state index in [9.17, 15) is 19.9 Å². The number of para-hydroxylation sites is 1. The van der Waals surface area contributed by atoms with Gasteiger partial charge in [-0.2, -0.15) is 4.73 Å². The number of carbonyl (C=O) groups excluding carboxylic acids is 2. The van der Waals surface area contributed by atoms with Gasteiger partial charge in [0.1, 0.15) is 22.3 Å². The normalized spacial score (nSPS) is 17.5. The molecule has 3 saturated heterocycles. The summed E-state index contributed by atoms with van der Waals surface area (Å²) in [4.78, 5) is 39.6. The molecule has 3 aromatic carbocycles. The van der Waals surface area contributed by atoms with Crippen LogP contribution in [0, 0.1) is 11.1 Å². The van der Waals surface area contributed by atoms with Crippen molar-refractivity contribution in [1.82, 2.24) is 4.90 Å². The van der Waals surface area contributed by atoms with Gasteiger partial charge in [0, 0.05) is 18.5 Å². The average molecular weight is 799 g/mol. The highest BCUT2D eigenvalue weighted by Crippen LogP contribution is 2.39. The van der Waals surface area contributed by atoms with Crippen molar-refractivity contribution in [2.75, 3.05) is 45.9 Å². The van der Waals surface area contributed by atoms with E-state index in [1.165, 1.54) is 44.7 Å². The molecule has 7 rings (SSSR count). The van der Waals surface area contributed by atoms with Gasteiger partial charge in [0.2, 0.25) is 0 Å². The summed E-state index contributed by atoms with van der Waals surface area (Å²) in [7, 11) is 4.43. The number of pyridine rings is 1. The Labute approximate surface area is 327 Å². The Morgan fingerprint density at radius 1 is 0.982 bits per heavy atom. The summed E-state index contributed by atoms with van der Waals surface area (Å²) in [5.74, 6) is 0.591. The molecular weight excluding hydrogens is 757 g/mol. The number of esters is 1. The minimum Gasteiger partial charge on any atom is -0.619 e. The van der Waals surface area contributed by atoms with Gasteiger partial charge in [-0.1, -0.05) is 47.5 Å². The van der Waals surface area contributed by atoms with Gasteiger partial charge in [-0.05, 0) is 79.4 Å². The number of phenolic OH excluding ortho intramolecular Hbond substituents is 1. The van der Waals surface area contributed by atoms with E-state index in [-0.39, 0.29) is 52.6 Å². The number of anilines is 1. The van der Waals surface area contributed by atoms with Crippen molar-refractivity contribution in [1.29, 1.82) is 0 Å². The summed E-state index contributed by atoms with van der Waals surface area (Å²) in [5, 5.41) is 29.6. The fraction of sp³-hybridized carbons (Fsp3) is 0.333. The summed E-state index contributed by atoms with van der Waals surface area (Å²) >= 11 is 12.8. The van der Waals surface area contributed by atoms with Crippen molar-refractivity contribution < 1.29 is 53.0 Å². The number of amides is 1. The number of aromatic hydroxyl groups is 1. The molecule has 4 heterocycles. The molecule has 16 heteroatoms. The Bertz CT molecular complexity index is 1950. The molecule has 1 aromatic heterocycles. The number of hydrogen-bond acceptors (Lipinski definition) is 11. The third-order valence-electron chi connectivity index (χ3n) is 9.54. The number of halogens is 2. The Morgan fingerprint density at radius 2 is 1.64 bits per heavy atom.